The van der Waals surface area contributed by atoms with Gasteiger partial charge in [-0.2, -0.15) is 4.39 Å². The molecule has 0 atom stereocenters. The van der Waals surface area contributed by atoms with Gasteiger partial charge in [0.2, 0.25) is 5.82 Å². The van der Waals surface area contributed by atoms with E-state index >= 15 is 0 Å². The summed E-state index contributed by atoms with van der Waals surface area (Å²) >= 11 is 0. The summed E-state index contributed by atoms with van der Waals surface area (Å²) in [5.41, 5.74) is 1.16. The first kappa shape index (κ1) is 11.4. The minimum atomic E-state index is -0.864. The Morgan fingerprint density at radius 1 is 1.16 bits per heavy atom. The first-order chi connectivity index (χ1) is 9.24. The lowest BCUT2D eigenvalue weighted by molar-refractivity contribution is 0.466. The van der Waals surface area contributed by atoms with Crippen molar-refractivity contribution >= 4 is 11.0 Å². The monoisotopic (exact) mass is 263 g/mol. The van der Waals surface area contributed by atoms with E-state index in [1.165, 1.54) is 18.9 Å². The molecular formula is C15H15F2NO. The second-order valence-electron chi connectivity index (χ2n) is 5.61. The summed E-state index contributed by atoms with van der Waals surface area (Å²) in [5, 5.41) is 4.13. The van der Waals surface area contributed by atoms with E-state index in [1.807, 2.05) is 0 Å². The quantitative estimate of drug-likeness (QED) is 0.906. The normalized spacial score (nSPS) is 19.3. The second-order valence-corrected chi connectivity index (χ2v) is 5.61. The highest BCUT2D eigenvalue weighted by Crippen LogP contribution is 2.46. The van der Waals surface area contributed by atoms with E-state index in [0.29, 0.717) is 18.5 Å². The first-order valence-corrected chi connectivity index (χ1v) is 6.86. The molecule has 0 amide bonds. The smallest absolute Gasteiger partial charge is 0.201 e. The van der Waals surface area contributed by atoms with Gasteiger partial charge in [-0.1, -0.05) is 0 Å². The lowest BCUT2D eigenvalue weighted by Crippen LogP contribution is -2.15. The molecule has 0 spiro atoms. The van der Waals surface area contributed by atoms with Crippen molar-refractivity contribution in [3.8, 4) is 0 Å². The molecule has 4 rings (SSSR count). The Kier molecular flexibility index (Phi) is 2.42. The van der Waals surface area contributed by atoms with Crippen LogP contribution in [0.2, 0.25) is 0 Å². The Hall–Kier alpha value is -1.42. The molecule has 2 aliphatic carbocycles. The number of benzene rings is 1. The van der Waals surface area contributed by atoms with Gasteiger partial charge in [0.15, 0.2) is 11.4 Å². The summed E-state index contributed by atoms with van der Waals surface area (Å²) in [6.07, 6.45) is 4.62. The topological polar surface area (TPSA) is 25.2 Å². The second kappa shape index (κ2) is 4.04. The maximum atomic E-state index is 13.8. The highest BCUT2D eigenvalue weighted by Gasteiger charge is 2.32. The minimum absolute atomic E-state index is 0.0782. The van der Waals surface area contributed by atoms with Crippen LogP contribution in [0, 0.1) is 11.6 Å². The number of hydrogen-bond donors (Lipinski definition) is 1. The third-order valence-electron chi connectivity index (χ3n) is 3.98. The third-order valence-corrected chi connectivity index (χ3v) is 3.98. The molecule has 2 saturated carbocycles. The van der Waals surface area contributed by atoms with Crippen LogP contribution in [0.4, 0.5) is 8.78 Å². The van der Waals surface area contributed by atoms with Crippen LogP contribution in [0.5, 0.6) is 0 Å². The number of halogens is 2. The number of nitrogens with one attached hydrogen (secondary N) is 1. The van der Waals surface area contributed by atoms with Crippen molar-refractivity contribution in [1.29, 1.82) is 0 Å². The molecule has 0 radical (unpaired) electrons. The zero-order valence-electron chi connectivity index (χ0n) is 10.5. The average molecular weight is 263 g/mol. The minimum Gasteiger partial charge on any atom is -0.456 e. The number of furan rings is 1. The maximum absolute atomic E-state index is 13.8. The van der Waals surface area contributed by atoms with Crippen molar-refractivity contribution in [1.82, 2.24) is 5.32 Å². The number of hydrogen-bond acceptors (Lipinski definition) is 2. The molecule has 1 heterocycles. The Bertz CT molecular complexity index is 641. The van der Waals surface area contributed by atoms with Crippen molar-refractivity contribution in [3.05, 3.63) is 35.1 Å². The van der Waals surface area contributed by atoms with Crippen molar-refractivity contribution in [2.75, 3.05) is 0 Å². The highest BCUT2D eigenvalue weighted by molar-refractivity contribution is 5.84. The van der Waals surface area contributed by atoms with E-state index in [-0.39, 0.29) is 5.58 Å². The summed E-state index contributed by atoms with van der Waals surface area (Å²) in [6.45, 7) is 0.617. The standard InChI is InChI=1S/C15H15F2NO/c16-11-6-5-10-13(8-1-2-8)12(7-18-9-3-4-9)19-15(10)14(11)17/h5-6,8-9,18H,1-4,7H2. The van der Waals surface area contributed by atoms with E-state index in [9.17, 15) is 8.78 Å². The lowest BCUT2D eigenvalue weighted by Gasteiger charge is -2.02. The summed E-state index contributed by atoms with van der Waals surface area (Å²) < 4.78 is 32.7. The predicted octanol–water partition coefficient (Wildman–Crippen LogP) is 3.84. The van der Waals surface area contributed by atoms with Gasteiger partial charge in [-0.05, 0) is 43.7 Å². The van der Waals surface area contributed by atoms with E-state index in [2.05, 4.69) is 5.32 Å². The summed E-state index contributed by atoms with van der Waals surface area (Å²) in [4.78, 5) is 0. The molecule has 2 aromatic rings. The summed E-state index contributed by atoms with van der Waals surface area (Å²) in [5.74, 6) is -0.460. The molecule has 2 nitrogen and oxygen atoms in total. The van der Waals surface area contributed by atoms with Crippen LogP contribution >= 0.6 is 0 Å². The summed E-state index contributed by atoms with van der Waals surface area (Å²) in [6, 6.07) is 3.41. The van der Waals surface area contributed by atoms with Gasteiger partial charge in [0, 0.05) is 17.0 Å². The summed E-state index contributed by atoms with van der Waals surface area (Å²) in [7, 11) is 0. The molecule has 0 saturated heterocycles. The van der Waals surface area contributed by atoms with Gasteiger partial charge in [-0.3, -0.25) is 0 Å². The van der Waals surface area contributed by atoms with Crippen LogP contribution in [0.25, 0.3) is 11.0 Å². The van der Waals surface area contributed by atoms with E-state index in [0.717, 1.165) is 29.6 Å². The molecule has 19 heavy (non-hydrogen) atoms. The van der Waals surface area contributed by atoms with Crippen LogP contribution in [0.1, 0.15) is 42.9 Å². The molecule has 1 aromatic heterocycles. The Morgan fingerprint density at radius 3 is 2.63 bits per heavy atom. The van der Waals surface area contributed by atoms with Gasteiger partial charge in [0.05, 0.1) is 6.54 Å². The van der Waals surface area contributed by atoms with Crippen LogP contribution in [0.15, 0.2) is 16.5 Å². The fourth-order valence-electron chi connectivity index (χ4n) is 2.65. The molecule has 1 N–H and O–H groups in total. The van der Waals surface area contributed by atoms with Crippen molar-refractivity contribution in [2.45, 2.75) is 44.2 Å². The van der Waals surface area contributed by atoms with Crippen LogP contribution in [-0.2, 0) is 6.54 Å². The molecular weight excluding hydrogens is 248 g/mol. The average Bonchev–Trinajstić information content (AvgIpc) is 3.30. The molecule has 2 fully saturated rings. The molecule has 100 valence electrons. The molecule has 0 aliphatic heterocycles. The van der Waals surface area contributed by atoms with Crippen molar-refractivity contribution < 1.29 is 13.2 Å². The van der Waals surface area contributed by atoms with E-state index in [4.69, 9.17) is 4.42 Å². The molecule has 2 aliphatic rings. The van der Waals surface area contributed by atoms with Gasteiger partial charge >= 0.3 is 0 Å². The zero-order valence-corrected chi connectivity index (χ0v) is 10.5. The first-order valence-electron chi connectivity index (χ1n) is 6.86. The predicted molar refractivity (Wildman–Crippen MR) is 68.0 cm³/mol. The van der Waals surface area contributed by atoms with Gasteiger partial charge in [0.1, 0.15) is 5.76 Å². The molecule has 4 heteroatoms. The number of fused-ring (bicyclic) bond motifs is 1. The highest BCUT2D eigenvalue weighted by atomic mass is 19.2. The van der Waals surface area contributed by atoms with Gasteiger partial charge in [-0.15, -0.1) is 0 Å². The Labute approximate surface area is 109 Å². The Morgan fingerprint density at radius 2 is 1.95 bits per heavy atom. The fourth-order valence-corrected chi connectivity index (χ4v) is 2.65. The number of rotatable bonds is 4. The van der Waals surface area contributed by atoms with Crippen LogP contribution in [0.3, 0.4) is 0 Å². The van der Waals surface area contributed by atoms with E-state index < -0.39 is 11.6 Å². The molecule has 0 bridgehead atoms. The Balaban J connectivity index is 1.80. The zero-order chi connectivity index (χ0) is 13.0. The van der Waals surface area contributed by atoms with Gasteiger partial charge in [0.25, 0.3) is 0 Å². The van der Waals surface area contributed by atoms with Crippen LogP contribution < -0.4 is 5.32 Å². The van der Waals surface area contributed by atoms with Gasteiger partial charge in [-0.25, -0.2) is 4.39 Å². The van der Waals surface area contributed by atoms with E-state index in [1.54, 1.807) is 6.07 Å². The largest absolute Gasteiger partial charge is 0.456 e. The maximum Gasteiger partial charge on any atom is 0.201 e. The fraction of sp³-hybridized carbons (Fsp3) is 0.467. The molecule has 1 aromatic carbocycles. The SMILES string of the molecule is Fc1ccc2c(C3CC3)c(CNC3CC3)oc2c1F. The molecule has 0 unspecified atom stereocenters. The third kappa shape index (κ3) is 1.94. The van der Waals surface area contributed by atoms with Gasteiger partial charge < -0.3 is 9.73 Å². The van der Waals surface area contributed by atoms with Crippen molar-refractivity contribution in [3.63, 3.8) is 0 Å². The van der Waals surface area contributed by atoms with Crippen LogP contribution in [-0.4, -0.2) is 6.04 Å². The lowest BCUT2D eigenvalue weighted by atomic mass is 10.1. The van der Waals surface area contributed by atoms with Crippen molar-refractivity contribution in [2.24, 2.45) is 0 Å².